The van der Waals surface area contributed by atoms with E-state index in [9.17, 15) is 9.59 Å². The molecular weight excluding hydrogens is 384 g/mol. The molecule has 3 aliphatic heterocycles. The fourth-order valence-corrected chi connectivity index (χ4v) is 4.22. The van der Waals surface area contributed by atoms with E-state index in [1.165, 1.54) is 0 Å². The average Bonchev–Trinajstić information content (AvgIpc) is 3.19. The summed E-state index contributed by atoms with van der Waals surface area (Å²) in [5.74, 6) is 1.57. The summed E-state index contributed by atoms with van der Waals surface area (Å²) >= 11 is 0. The van der Waals surface area contributed by atoms with Gasteiger partial charge in [-0.2, -0.15) is 0 Å². The molecule has 4 heterocycles. The van der Waals surface area contributed by atoms with Crippen molar-refractivity contribution in [3.63, 3.8) is 0 Å². The summed E-state index contributed by atoms with van der Waals surface area (Å²) < 4.78 is 11.1. The van der Waals surface area contributed by atoms with Crippen LogP contribution in [0.3, 0.4) is 0 Å². The van der Waals surface area contributed by atoms with Crippen LogP contribution in [0.5, 0.6) is 5.75 Å². The van der Waals surface area contributed by atoms with Crippen LogP contribution in [0.2, 0.25) is 0 Å². The zero-order chi connectivity index (χ0) is 20.5. The van der Waals surface area contributed by atoms with Crippen LogP contribution in [0.4, 0.5) is 11.5 Å². The fraction of sp³-hybridized carbons (Fsp3) is 0.409. The molecule has 156 valence electrons. The highest BCUT2D eigenvalue weighted by Gasteiger charge is 2.30. The van der Waals surface area contributed by atoms with Crippen LogP contribution in [0, 0.1) is 5.92 Å². The van der Waals surface area contributed by atoms with Gasteiger partial charge in [-0.25, -0.2) is 4.98 Å². The number of ether oxygens (including phenoxy) is 2. The van der Waals surface area contributed by atoms with Crippen LogP contribution in [-0.2, 0) is 9.53 Å². The molecule has 0 bridgehead atoms. The number of fused-ring (bicyclic) bond motifs is 2. The lowest BCUT2D eigenvalue weighted by Crippen LogP contribution is -2.44. The minimum atomic E-state index is -0.236. The van der Waals surface area contributed by atoms with Gasteiger partial charge >= 0.3 is 0 Å². The van der Waals surface area contributed by atoms with Crippen molar-refractivity contribution in [3.05, 3.63) is 47.7 Å². The Bertz CT molecular complexity index is 973. The van der Waals surface area contributed by atoms with Crippen LogP contribution in [0.1, 0.15) is 34.8 Å². The Labute approximate surface area is 174 Å². The number of amides is 2. The van der Waals surface area contributed by atoms with E-state index in [4.69, 9.17) is 9.47 Å². The van der Waals surface area contributed by atoms with Crippen LogP contribution < -0.4 is 20.3 Å². The van der Waals surface area contributed by atoms with Crippen molar-refractivity contribution in [1.29, 1.82) is 0 Å². The highest BCUT2D eigenvalue weighted by atomic mass is 16.5. The SMILES string of the molecule is O=C(NC1COc2ccccc21)c1cnc2c(c1)N(CC1CCOCC1)C(=O)CN2. The molecule has 1 saturated heterocycles. The molecule has 1 aromatic heterocycles. The van der Waals surface area contributed by atoms with E-state index in [-0.39, 0.29) is 24.4 Å². The van der Waals surface area contributed by atoms with E-state index in [2.05, 4.69) is 15.6 Å². The number of nitrogens with zero attached hydrogens (tertiary/aromatic N) is 2. The molecule has 0 saturated carbocycles. The van der Waals surface area contributed by atoms with Crippen LogP contribution >= 0.6 is 0 Å². The van der Waals surface area contributed by atoms with Gasteiger partial charge in [0.15, 0.2) is 0 Å². The number of carbonyl (C=O) groups is 2. The molecule has 1 unspecified atom stereocenters. The van der Waals surface area contributed by atoms with Crippen molar-refractivity contribution < 1.29 is 19.1 Å². The molecule has 2 amide bonds. The Balaban J connectivity index is 1.36. The molecule has 0 radical (unpaired) electrons. The van der Waals surface area contributed by atoms with E-state index in [0.717, 1.165) is 37.4 Å². The molecule has 2 aromatic rings. The molecule has 5 rings (SSSR count). The second kappa shape index (κ2) is 7.95. The molecule has 0 aliphatic carbocycles. The van der Waals surface area contributed by atoms with Gasteiger partial charge in [-0.15, -0.1) is 0 Å². The van der Waals surface area contributed by atoms with Gasteiger partial charge in [-0.05, 0) is 30.9 Å². The molecule has 30 heavy (non-hydrogen) atoms. The molecular formula is C22H24N4O4. The normalized spacial score (nSPS) is 20.7. The molecule has 1 atom stereocenters. The highest BCUT2D eigenvalue weighted by molar-refractivity contribution is 6.04. The van der Waals surface area contributed by atoms with Crippen molar-refractivity contribution >= 4 is 23.3 Å². The van der Waals surface area contributed by atoms with Gasteiger partial charge in [-0.3, -0.25) is 9.59 Å². The predicted octanol–water partition coefficient (Wildman–Crippen LogP) is 2.13. The Hall–Kier alpha value is -3.13. The Morgan fingerprint density at radius 1 is 1.27 bits per heavy atom. The summed E-state index contributed by atoms with van der Waals surface area (Å²) in [6.45, 7) is 2.69. The van der Waals surface area contributed by atoms with Gasteiger partial charge in [0.05, 0.1) is 23.8 Å². The molecule has 1 aromatic carbocycles. The quantitative estimate of drug-likeness (QED) is 0.805. The number of hydrogen-bond donors (Lipinski definition) is 2. The number of rotatable bonds is 4. The molecule has 1 fully saturated rings. The molecule has 2 N–H and O–H groups in total. The van der Waals surface area contributed by atoms with Crippen molar-refractivity contribution in [3.8, 4) is 5.75 Å². The second-order valence-corrected chi connectivity index (χ2v) is 7.88. The van der Waals surface area contributed by atoms with Gasteiger partial charge < -0.3 is 25.0 Å². The van der Waals surface area contributed by atoms with E-state index < -0.39 is 0 Å². The summed E-state index contributed by atoms with van der Waals surface area (Å²) in [6.07, 6.45) is 3.41. The largest absolute Gasteiger partial charge is 0.491 e. The minimum absolute atomic E-state index is 0.00790. The van der Waals surface area contributed by atoms with Crippen LogP contribution in [0.25, 0.3) is 0 Å². The highest BCUT2D eigenvalue weighted by Crippen LogP contribution is 2.33. The average molecular weight is 408 g/mol. The zero-order valence-electron chi connectivity index (χ0n) is 16.6. The van der Waals surface area contributed by atoms with E-state index in [0.29, 0.717) is 36.1 Å². The first-order valence-corrected chi connectivity index (χ1v) is 10.3. The number of hydrogen-bond acceptors (Lipinski definition) is 6. The maximum atomic E-state index is 12.9. The fourth-order valence-electron chi connectivity index (χ4n) is 4.22. The maximum Gasteiger partial charge on any atom is 0.253 e. The van der Waals surface area contributed by atoms with Crippen molar-refractivity contribution in [1.82, 2.24) is 10.3 Å². The summed E-state index contributed by atoms with van der Waals surface area (Å²) in [4.78, 5) is 31.7. The lowest BCUT2D eigenvalue weighted by atomic mass is 9.99. The third-order valence-corrected chi connectivity index (χ3v) is 5.92. The first-order valence-electron chi connectivity index (χ1n) is 10.3. The number of nitrogens with one attached hydrogen (secondary N) is 2. The standard InChI is InChI=1S/C22H24N4O4/c27-20-11-24-21-18(26(20)12-14-5-7-29-8-6-14)9-15(10-23-21)22(28)25-17-13-30-19-4-2-1-3-16(17)19/h1-4,9-10,14,17H,5-8,11-13H2,(H,23,24)(H,25,28). The van der Waals surface area contributed by atoms with Gasteiger partial charge in [0.25, 0.3) is 5.91 Å². The molecule has 3 aliphatic rings. The smallest absolute Gasteiger partial charge is 0.253 e. The Morgan fingerprint density at radius 2 is 2.10 bits per heavy atom. The number of benzene rings is 1. The number of para-hydroxylation sites is 1. The Morgan fingerprint density at radius 3 is 2.97 bits per heavy atom. The van der Waals surface area contributed by atoms with Gasteiger partial charge in [0.1, 0.15) is 18.2 Å². The lowest BCUT2D eigenvalue weighted by molar-refractivity contribution is -0.117. The number of aromatic nitrogens is 1. The molecule has 8 heteroatoms. The first kappa shape index (κ1) is 18.9. The number of anilines is 2. The monoisotopic (exact) mass is 408 g/mol. The second-order valence-electron chi connectivity index (χ2n) is 7.88. The van der Waals surface area contributed by atoms with Crippen molar-refractivity contribution in [2.45, 2.75) is 18.9 Å². The van der Waals surface area contributed by atoms with E-state index in [1.54, 1.807) is 17.2 Å². The summed E-state index contributed by atoms with van der Waals surface area (Å²) in [6, 6.07) is 9.24. The number of carbonyl (C=O) groups excluding carboxylic acids is 2. The summed E-state index contributed by atoms with van der Waals surface area (Å²) in [7, 11) is 0. The molecule has 0 spiro atoms. The first-order chi connectivity index (χ1) is 14.7. The van der Waals surface area contributed by atoms with Crippen molar-refractivity contribution in [2.24, 2.45) is 5.92 Å². The Kier molecular flexibility index (Phi) is 5.00. The predicted molar refractivity (Wildman–Crippen MR) is 111 cm³/mol. The summed E-state index contributed by atoms with van der Waals surface area (Å²) in [5, 5.41) is 6.07. The third-order valence-electron chi connectivity index (χ3n) is 5.92. The minimum Gasteiger partial charge on any atom is -0.491 e. The maximum absolute atomic E-state index is 12.9. The van der Waals surface area contributed by atoms with Crippen molar-refractivity contribution in [2.75, 3.05) is 43.1 Å². The van der Waals surface area contributed by atoms with Crippen LogP contribution in [-0.4, -0.2) is 49.7 Å². The zero-order valence-corrected chi connectivity index (χ0v) is 16.6. The van der Waals surface area contributed by atoms with Crippen LogP contribution in [0.15, 0.2) is 36.5 Å². The van der Waals surface area contributed by atoms with E-state index >= 15 is 0 Å². The topological polar surface area (TPSA) is 92.8 Å². The molecule has 8 nitrogen and oxygen atoms in total. The summed E-state index contributed by atoms with van der Waals surface area (Å²) in [5.41, 5.74) is 2.05. The lowest BCUT2D eigenvalue weighted by Gasteiger charge is -2.33. The van der Waals surface area contributed by atoms with Gasteiger partial charge in [-0.1, -0.05) is 18.2 Å². The third kappa shape index (κ3) is 3.59. The van der Waals surface area contributed by atoms with Gasteiger partial charge in [0, 0.05) is 31.5 Å². The van der Waals surface area contributed by atoms with E-state index in [1.807, 2.05) is 24.3 Å². The van der Waals surface area contributed by atoms with Gasteiger partial charge in [0.2, 0.25) is 5.91 Å². The number of pyridine rings is 1.